The molecule has 1 aromatic carbocycles. The van der Waals surface area contributed by atoms with Crippen molar-refractivity contribution in [3.63, 3.8) is 0 Å². The van der Waals surface area contributed by atoms with Crippen LogP contribution < -0.4 is 0 Å². The molecule has 104 valence electrons. The zero-order valence-corrected chi connectivity index (χ0v) is 11.9. The molecule has 3 heteroatoms. The van der Waals surface area contributed by atoms with Crippen LogP contribution in [-0.2, 0) is 4.74 Å². The average Bonchev–Trinajstić information content (AvgIpc) is 2.47. The quantitative estimate of drug-likeness (QED) is 0.780. The Hall–Kier alpha value is -1.35. The van der Waals surface area contributed by atoms with Crippen molar-refractivity contribution in [2.75, 3.05) is 26.7 Å². The maximum absolute atomic E-state index is 11.6. The summed E-state index contributed by atoms with van der Waals surface area (Å²) in [6.07, 6.45) is 3.66. The monoisotopic (exact) mass is 261 g/mol. The number of piperidine rings is 1. The summed E-state index contributed by atoms with van der Waals surface area (Å²) in [4.78, 5) is 14.1. The Balaban J connectivity index is 2.10. The molecule has 0 radical (unpaired) electrons. The number of methoxy groups -OCH3 is 1. The molecule has 0 saturated carbocycles. The van der Waals surface area contributed by atoms with Crippen LogP contribution in [0.2, 0.25) is 0 Å². The second-order valence-corrected chi connectivity index (χ2v) is 5.26. The average molecular weight is 261 g/mol. The van der Waals surface area contributed by atoms with Gasteiger partial charge in [-0.05, 0) is 56.0 Å². The summed E-state index contributed by atoms with van der Waals surface area (Å²) in [6, 6.07) is 7.90. The van der Waals surface area contributed by atoms with Crippen molar-refractivity contribution in [1.29, 1.82) is 0 Å². The Labute approximate surface area is 115 Å². The molecule has 0 bridgehead atoms. The highest BCUT2D eigenvalue weighted by molar-refractivity contribution is 5.89. The number of nitrogens with zero attached hydrogens (tertiary/aromatic N) is 1. The normalized spacial score (nSPS) is 20.2. The van der Waals surface area contributed by atoms with Gasteiger partial charge in [0.25, 0.3) is 0 Å². The molecular formula is C16H23NO2. The van der Waals surface area contributed by atoms with Gasteiger partial charge in [0.2, 0.25) is 0 Å². The first-order valence-corrected chi connectivity index (χ1v) is 7.15. The van der Waals surface area contributed by atoms with Crippen molar-refractivity contribution in [3.05, 3.63) is 35.4 Å². The number of esters is 1. The van der Waals surface area contributed by atoms with Crippen LogP contribution in [-0.4, -0.2) is 37.6 Å². The van der Waals surface area contributed by atoms with Crippen LogP contribution in [0.25, 0.3) is 0 Å². The fourth-order valence-corrected chi connectivity index (χ4v) is 2.88. The van der Waals surface area contributed by atoms with E-state index in [9.17, 15) is 4.79 Å². The molecule has 2 rings (SSSR count). The number of rotatable bonds is 4. The number of benzene rings is 1. The Morgan fingerprint density at radius 3 is 3.05 bits per heavy atom. The molecule has 1 saturated heterocycles. The first-order valence-electron chi connectivity index (χ1n) is 7.15. The van der Waals surface area contributed by atoms with Crippen LogP contribution in [0.1, 0.15) is 48.0 Å². The van der Waals surface area contributed by atoms with Crippen molar-refractivity contribution >= 4 is 5.97 Å². The van der Waals surface area contributed by atoms with Gasteiger partial charge in [-0.25, -0.2) is 4.79 Å². The van der Waals surface area contributed by atoms with Gasteiger partial charge in [-0.1, -0.05) is 19.1 Å². The molecule has 0 aromatic heterocycles. The molecule has 0 N–H and O–H groups in total. The summed E-state index contributed by atoms with van der Waals surface area (Å²) in [7, 11) is 1.43. The van der Waals surface area contributed by atoms with Crippen LogP contribution >= 0.6 is 0 Å². The summed E-state index contributed by atoms with van der Waals surface area (Å²) in [5, 5.41) is 0. The third kappa shape index (κ3) is 3.57. The van der Waals surface area contributed by atoms with Crippen molar-refractivity contribution in [2.45, 2.75) is 32.1 Å². The van der Waals surface area contributed by atoms with Gasteiger partial charge >= 0.3 is 5.97 Å². The second-order valence-electron chi connectivity index (χ2n) is 5.26. The molecule has 0 unspecified atom stereocenters. The number of likely N-dealkylation sites (tertiary alicyclic amines) is 1. The first kappa shape index (κ1) is 14.1. The van der Waals surface area contributed by atoms with E-state index in [0.29, 0.717) is 11.5 Å². The summed E-state index contributed by atoms with van der Waals surface area (Å²) in [5.74, 6) is 0.299. The van der Waals surface area contributed by atoms with Crippen molar-refractivity contribution in [2.24, 2.45) is 0 Å². The zero-order chi connectivity index (χ0) is 13.7. The lowest BCUT2D eigenvalue weighted by molar-refractivity contribution is 0.0600. The van der Waals surface area contributed by atoms with Gasteiger partial charge < -0.3 is 9.64 Å². The van der Waals surface area contributed by atoms with Crippen LogP contribution in [0.5, 0.6) is 0 Å². The van der Waals surface area contributed by atoms with E-state index in [1.165, 1.54) is 45.0 Å². The van der Waals surface area contributed by atoms with Crippen LogP contribution in [0.3, 0.4) is 0 Å². The van der Waals surface area contributed by atoms with Crippen molar-refractivity contribution in [3.8, 4) is 0 Å². The van der Waals surface area contributed by atoms with E-state index in [4.69, 9.17) is 4.74 Å². The first-order chi connectivity index (χ1) is 9.24. The fourth-order valence-electron chi connectivity index (χ4n) is 2.88. The molecule has 0 aliphatic carbocycles. The topological polar surface area (TPSA) is 29.5 Å². The molecule has 1 fully saturated rings. The SMILES string of the molecule is CCCN1CCC[C@@H](c2cccc(C(=O)OC)c2)C1. The molecule has 3 nitrogen and oxygen atoms in total. The molecule has 0 amide bonds. The maximum atomic E-state index is 11.6. The summed E-state index contributed by atoms with van der Waals surface area (Å²) >= 11 is 0. The minimum atomic E-state index is -0.247. The van der Waals surface area contributed by atoms with Crippen LogP contribution in [0.4, 0.5) is 0 Å². The molecule has 1 aromatic rings. The lowest BCUT2D eigenvalue weighted by Gasteiger charge is -2.32. The van der Waals surface area contributed by atoms with E-state index >= 15 is 0 Å². The predicted molar refractivity (Wildman–Crippen MR) is 76.5 cm³/mol. The minimum Gasteiger partial charge on any atom is -0.465 e. The van der Waals surface area contributed by atoms with E-state index in [2.05, 4.69) is 17.9 Å². The Morgan fingerprint density at radius 1 is 1.47 bits per heavy atom. The number of hydrogen-bond donors (Lipinski definition) is 0. The van der Waals surface area contributed by atoms with Crippen LogP contribution in [0.15, 0.2) is 24.3 Å². The fraction of sp³-hybridized carbons (Fsp3) is 0.562. The summed E-state index contributed by atoms with van der Waals surface area (Å²) < 4.78 is 4.79. The highest BCUT2D eigenvalue weighted by Gasteiger charge is 2.21. The smallest absolute Gasteiger partial charge is 0.337 e. The van der Waals surface area contributed by atoms with Crippen molar-refractivity contribution in [1.82, 2.24) is 4.90 Å². The van der Waals surface area contributed by atoms with Gasteiger partial charge in [0.15, 0.2) is 0 Å². The lowest BCUT2D eigenvalue weighted by atomic mass is 9.89. The zero-order valence-electron chi connectivity index (χ0n) is 11.9. The third-order valence-electron chi connectivity index (χ3n) is 3.82. The minimum absolute atomic E-state index is 0.247. The van der Waals surface area contributed by atoms with E-state index in [-0.39, 0.29) is 5.97 Å². The number of hydrogen-bond acceptors (Lipinski definition) is 3. The van der Waals surface area contributed by atoms with Gasteiger partial charge in [0, 0.05) is 6.54 Å². The molecule has 0 spiro atoms. The van der Waals surface area contributed by atoms with E-state index in [1.807, 2.05) is 18.2 Å². The second kappa shape index (κ2) is 6.71. The van der Waals surface area contributed by atoms with E-state index in [0.717, 1.165) is 6.54 Å². The molecule has 1 aliphatic heterocycles. The molecule has 1 aliphatic rings. The largest absolute Gasteiger partial charge is 0.465 e. The Kier molecular flexibility index (Phi) is 4.97. The number of carbonyl (C=O) groups is 1. The van der Waals surface area contributed by atoms with Crippen molar-refractivity contribution < 1.29 is 9.53 Å². The Morgan fingerprint density at radius 2 is 2.32 bits per heavy atom. The van der Waals surface area contributed by atoms with E-state index < -0.39 is 0 Å². The molecular weight excluding hydrogens is 238 g/mol. The summed E-state index contributed by atoms with van der Waals surface area (Å²) in [5.41, 5.74) is 1.93. The van der Waals surface area contributed by atoms with Gasteiger partial charge in [-0.15, -0.1) is 0 Å². The van der Waals surface area contributed by atoms with Gasteiger partial charge in [-0.3, -0.25) is 0 Å². The molecule has 1 atom stereocenters. The number of carbonyl (C=O) groups excluding carboxylic acids is 1. The maximum Gasteiger partial charge on any atom is 0.337 e. The highest BCUT2D eigenvalue weighted by atomic mass is 16.5. The predicted octanol–water partition coefficient (Wildman–Crippen LogP) is 3.06. The van der Waals surface area contributed by atoms with Crippen LogP contribution in [0, 0.1) is 0 Å². The molecule has 19 heavy (non-hydrogen) atoms. The lowest BCUT2D eigenvalue weighted by Crippen LogP contribution is -2.34. The molecule has 1 heterocycles. The number of ether oxygens (including phenoxy) is 1. The van der Waals surface area contributed by atoms with Gasteiger partial charge in [0.05, 0.1) is 12.7 Å². The van der Waals surface area contributed by atoms with Gasteiger partial charge in [-0.2, -0.15) is 0 Å². The highest BCUT2D eigenvalue weighted by Crippen LogP contribution is 2.27. The summed E-state index contributed by atoms with van der Waals surface area (Å²) in [6.45, 7) is 5.72. The van der Waals surface area contributed by atoms with E-state index in [1.54, 1.807) is 0 Å². The third-order valence-corrected chi connectivity index (χ3v) is 3.82. The standard InChI is InChI=1S/C16H23NO2/c1-3-9-17-10-5-8-15(12-17)13-6-4-7-14(11-13)16(18)19-2/h4,6-7,11,15H,3,5,8-10,12H2,1-2H3/t15-/m1/s1. The Bertz CT molecular complexity index is 429. The van der Waals surface area contributed by atoms with Gasteiger partial charge in [0.1, 0.15) is 0 Å².